The van der Waals surface area contributed by atoms with Crippen molar-refractivity contribution < 1.29 is 8.42 Å². The summed E-state index contributed by atoms with van der Waals surface area (Å²) in [4.78, 5) is 6.32. The lowest BCUT2D eigenvalue weighted by Crippen LogP contribution is -2.38. The summed E-state index contributed by atoms with van der Waals surface area (Å²) >= 11 is 5.84. The molecule has 0 saturated carbocycles. The van der Waals surface area contributed by atoms with Gasteiger partial charge in [-0.3, -0.25) is 14.5 Å². The first-order chi connectivity index (χ1) is 15.0. The van der Waals surface area contributed by atoms with Crippen LogP contribution in [0.4, 0.5) is 0 Å². The van der Waals surface area contributed by atoms with E-state index in [4.69, 9.17) is 17.3 Å². The summed E-state index contributed by atoms with van der Waals surface area (Å²) in [5.41, 5.74) is 2.09. The topological polar surface area (TPSA) is 73.0 Å². The molecule has 1 unspecified atom stereocenters. The van der Waals surface area contributed by atoms with Crippen LogP contribution in [0.15, 0.2) is 54.9 Å². The third kappa shape index (κ3) is 5.11. The van der Waals surface area contributed by atoms with Gasteiger partial charge in [0, 0.05) is 24.0 Å². The highest BCUT2D eigenvalue weighted by Gasteiger charge is 2.32. The zero-order chi connectivity index (χ0) is 21.8. The Balaban J connectivity index is 1.69. The summed E-state index contributed by atoms with van der Waals surface area (Å²) in [6.45, 7) is 4.00. The highest BCUT2D eigenvalue weighted by Crippen LogP contribution is 2.22. The van der Waals surface area contributed by atoms with Gasteiger partial charge in [0.05, 0.1) is 24.7 Å². The molecule has 2 aromatic heterocycles. The Morgan fingerprint density at radius 3 is 2.55 bits per heavy atom. The number of nitrogens with zero attached hydrogens (tertiary/aromatic N) is 5. The third-order valence-electron chi connectivity index (χ3n) is 5.60. The van der Waals surface area contributed by atoms with Crippen molar-refractivity contribution in [3.05, 3.63) is 65.2 Å². The molecule has 1 saturated heterocycles. The molecule has 0 aliphatic carbocycles. The van der Waals surface area contributed by atoms with Crippen molar-refractivity contribution in [1.29, 1.82) is 0 Å². The molecule has 31 heavy (non-hydrogen) atoms. The fraction of sp³-hybridized carbons (Fsp3) is 0.409. The predicted octanol–water partition coefficient (Wildman–Crippen LogP) is 3.38. The maximum Gasteiger partial charge on any atom is 0.199 e. The second kappa shape index (κ2) is 9.42. The van der Waals surface area contributed by atoms with Gasteiger partial charge < -0.3 is 0 Å². The van der Waals surface area contributed by atoms with Crippen LogP contribution in [0.2, 0.25) is 0 Å². The number of hydrogen-bond donors (Lipinski definition) is 0. The molecule has 164 valence electrons. The monoisotopic (exact) mass is 457 g/mol. The summed E-state index contributed by atoms with van der Waals surface area (Å²) in [6.07, 6.45) is 5.09. The average Bonchev–Trinajstić information content (AvgIpc) is 3.29. The molecule has 9 heteroatoms. The summed E-state index contributed by atoms with van der Waals surface area (Å²) in [7, 11) is -2.96. The van der Waals surface area contributed by atoms with Crippen molar-refractivity contribution in [3.63, 3.8) is 0 Å². The highest BCUT2D eigenvalue weighted by atomic mass is 32.2. The van der Waals surface area contributed by atoms with E-state index in [2.05, 4.69) is 28.9 Å². The molecule has 0 N–H and O–H groups in total. The van der Waals surface area contributed by atoms with Crippen molar-refractivity contribution in [2.45, 2.75) is 39.0 Å². The van der Waals surface area contributed by atoms with E-state index in [0.717, 1.165) is 29.9 Å². The first-order valence-electron chi connectivity index (χ1n) is 10.5. The van der Waals surface area contributed by atoms with Gasteiger partial charge in [-0.25, -0.2) is 13.1 Å². The lowest BCUT2D eigenvalue weighted by molar-refractivity contribution is 0.155. The Kier molecular flexibility index (Phi) is 6.64. The minimum atomic E-state index is -2.96. The fourth-order valence-corrected chi connectivity index (χ4v) is 6.06. The van der Waals surface area contributed by atoms with Crippen LogP contribution >= 0.6 is 12.2 Å². The SMILES string of the molecule is CCCN(Cn1nc(-c2ccncc2)n(Cc2ccccc2)c1=S)C1CCS(=O)(=O)C1. The van der Waals surface area contributed by atoms with Crippen LogP contribution in [0.5, 0.6) is 0 Å². The highest BCUT2D eigenvalue weighted by molar-refractivity contribution is 7.91. The third-order valence-corrected chi connectivity index (χ3v) is 7.78. The van der Waals surface area contributed by atoms with Gasteiger partial charge in [0.25, 0.3) is 0 Å². The number of sulfone groups is 1. The summed E-state index contributed by atoms with van der Waals surface area (Å²) < 4.78 is 28.6. The summed E-state index contributed by atoms with van der Waals surface area (Å²) in [5, 5.41) is 4.86. The van der Waals surface area contributed by atoms with Crippen LogP contribution in [0, 0.1) is 4.77 Å². The van der Waals surface area contributed by atoms with Gasteiger partial charge >= 0.3 is 0 Å². The van der Waals surface area contributed by atoms with Crippen molar-refractivity contribution in [2.24, 2.45) is 0 Å². The van der Waals surface area contributed by atoms with Gasteiger partial charge in [0.1, 0.15) is 0 Å². The number of pyridine rings is 1. The first-order valence-corrected chi connectivity index (χ1v) is 12.8. The molecule has 0 bridgehead atoms. The molecule has 1 fully saturated rings. The molecule has 0 radical (unpaired) electrons. The van der Waals surface area contributed by atoms with E-state index in [-0.39, 0.29) is 17.5 Å². The quantitative estimate of drug-likeness (QED) is 0.483. The van der Waals surface area contributed by atoms with Gasteiger partial charge in [0.15, 0.2) is 20.4 Å². The van der Waals surface area contributed by atoms with Gasteiger partial charge in [-0.05, 0) is 49.3 Å². The largest absolute Gasteiger partial charge is 0.295 e. The second-order valence-electron chi connectivity index (χ2n) is 7.92. The summed E-state index contributed by atoms with van der Waals surface area (Å²) in [5.74, 6) is 1.25. The van der Waals surface area contributed by atoms with Gasteiger partial charge in [0.2, 0.25) is 0 Å². The van der Waals surface area contributed by atoms with Gasteiger partial charge in [-0.2, -0.15) is 5.10 Å². The molecular weight excluding hydrogens is 430 g/mol. The van der Waals surface area contributed by atoms with E-state index < -0.39 is 9.84 Å². The molecule has 3 heterocycles. The van der Waals surface area contributed by atoms with Gasteiger partial charge in [-0.1, -0.05) is 37.3 Å². The van der Waals surface area contributed by atoms with E-state index >= 15 is 0 Å². The molecule has 0 amide bonds. The van der Waals surface area contributed by atoms with Crippen molar-refractivity contribution in [3.8, 4) is 11.4 Å². The standard InChI is InChI=1S/C22H27N5O2S2/c1-2-13-25(20-10-14-31(28,29)16-20)17-27-22(30)26(15-18-6-4-3-5-7-18)21(24-27)19-8-11-23-12-9-19/h3-9,11-12,20H,2,10,13-17H2,1H3. The van der Waals surface area contributed by atoms with E-state index in [1.54, 1.807) is 12.4 Å². The number of benzene rings is 1. The smallest absolute Gasteiger partial charge is 0.199 e. The van der Waals surface area contributed by atoms with Crippen molar-refractivity contribution in [2.75, 3.05) is 18.1 Å². The molecule has 0 spiro atoms. The van der Waals surface area contributed by atoms with Crippen LogP contribution in [0.3, 0.4) is 0 Å². The van der Waals surface area contributed by atoms with E-state index in [1.165, 1.54) is 0 Å². The maximum absolute atomic E-state index is 12.0. The zero-order valence-electron chi connectivity index (χ0n) is 17.6. The normalized spacial score (nSPS) is 17.9. The minimum Gasteiger partial charge on any atom is -0.295 e. The van der Waals surface area contributed by atoms with Crippen LogP contribution < -0.4 is 0 Å². The van der Waals surface area contributed by atoms with Crippen LogP contribution in [0.25, 0.3) is 11.4 Å². The molecular formula is C22H27N5O2S2. The number of rotatable bonds is 8. The predicted molar refractivity (Wildman–Crippen MR) is 124 cm³/mol. The molecule has 1 aromatic carbocycles. The average molecular weight is 458 g/mol. The van der Waals surface area contributed by atoms with Gasteiger partial charge in [-0.15, -0.1) is 0 Å². The zero-order valence-corrected chi connectivity index (χ0v) is 19.2. The summed E-state index contributed by atoms with van der Waals surface area (Å²) in [6, 6.07) is 14.0. The van der Waals surface area contributed by atoms with E-state index in [9.17, 15) is 8.42 Å². The van der Waals surface area contributed by atoms with Crippen LogP contribution in [0.1, 0.15) is 25.3 Å². The molecule has 1 aliphatic heterocycles. The van der Waals surface area contributed by atoms with Crippen molar-refractivity contribution in [1.82, 2.24) is 24.2 Å². The molecule has 1 atom stereocenters. The molecule has 4 rings (SSSR count). The maximum atomic E-state index is 12.0. The Labute approximate surface area is 188 Å². The number of aromatic nitrogens is 4. The Morgan fingerprint density at radius 2 is 1.90 bits per heavy atom. The van der Waals surface area contributed by atoms with E-state index in [1.807, 2.05) is 39.6 Å². The fourth-order valence-electron chi connectivity index (χ4n) is 4.05. The van der Waals surface area contributed by atoms with E-state index in [0.29, 0.717) is 24.4 Å². The van der Waals surface area contributed by atoms with Crippen LogP contribution in [-0.2, 0) is 23.1 Å². The van der Waals surface area contributed by atoms with Crippen molar-refractivity contribution >= 4 is 22.1 Å². The van der Waals surface area contributed by atoms with Crippen LogP contribution in [-0.4, -0.2) is 56.7 Å². The molecule has 7 nitrogen and oxygen atoms in total. The Morgan fingerprint density at radius 1 is 1.16 bits per heavy atom. The first kappa shape index (κ1) is 21.9. The lowest BCUT2D eigenvalue weighted by Gasteiger charge is -2.27. The minimum absolute atomic E-state index is 0.00972. The second-order valence-corrected chi connectivity index (χ2v) is 10.5. The molecule has 1 aliphatic rings. The Hall–Kier alpha value is -2.36. The lowest BCUT2D eigenvalue weighted by atomic mass is 10.2. The number of hydrogen-bond acceptors (Lipinski definition) is 6. The molecule has 3 aromatic rings. The Bertz CT molecular complexity index is 1170.